The van der Waals surface area contributed by atoms with Gasteiger partial charge >= 0.3 is 0 Å². The zero-order valence-corrected chi connectivity index (χ0v) is 6.36. The van der Waals surface area contributed by atoms with Gasteiger partial charge in [0.25, 0.3) is 0 Å². The van der Waals surface area contributed by atoms with Gasteiger partial charge in [0.15, 0.2) is 11.6 Å². The average molecular weight is 172 g/mol. The van der Waals surface area contributed by atoms with E-state index in [9.17, 15) is 8.78 Å². The van der Waals surface area contributed by atoms with Crippen LogP contribution in [0.1, 0.15) is 5.56 Å². The molecule has 2 nitrogen and oxygen atoms in total. The van der Waals surface area contributed by atoms with Crippen molar-refractivity contribution in [2.24, 2.45) is 0 Å². The number of benzene rings is 1. The van der Waals surface area contributed by atoms with Crippen LogP contribution in [0.25, 0.3) is 0 Å². The van der Waals surface area contributed by atoms with E-state index in [4.69, 9.17) is 9.47 Å². The van der Waals surface area contributed by atoms with Crippen molar-refractivity contribution in [1.29, 1.82) is 0 Å². The second-order valence-corrected chi connectivity index (χ2v) is 2.53. The van der Waals surface area contributed by atoms with Crippen molar-refractivity contribution < 1.29 is 18.3 Å². The molecule has 0 saturated carbocycles. The Kier molecular flexibility index (Phi) is 1.43. The molecule has 1 heterocycles. The van der Waals surface area contributed by atoms with Gasteiger partial charge in [-0.2, -0.15) is 4.39 Å². The first-order valence-electron chi connectivity index (χ1n) is 3.44. The van der Waals surface area contributed by atoms with E-state index in [2.05, 4.69) is 0 Å². The summed E-state index contributed by atoms with van der Waals surface area (Å²) in [5, 5.41) is 0. The first-order valence-corrected chi connectivity index (χ1v) is 3.44. The predicted octanol–water partition coefficient (Wildman–Crippen LogP) is 2.00. The topological polar surface area (TPSA) is 18.5 Å². The van der Waals surface area contributed by atoms with Gasteiger partial charge in [0.2, 0.25) is 12.6 Å². The van der Waals surface area contributed by atoms with Gasteiger partial charge in [0, 0.05) is 11.6 Å². The van der Waals surface area contributed by atoms with Crippen LogP contribution >= 0.6 is 0 Å². The zero-order chi connectivity index (χ0) is 8.72. The van der Waals surface area contributed by atoms with Crippen molar-refractivity contribution in [3.63, 3.8) is 0 Å². The number of fused-ring (bicyclic) bond motifs is 2. The summed E-state index contributed by atoms with van der Waals surface area (Å²) < 4.78 is 35.3. The van der Waals surface area contributed by atoms with E-state index in [1.54, 1.807) is 6.92 Å². The van der Waals surface area contributed by atoms with Gasteiger partial charge in [0.1, 0.15) is 5.75 Å². The van der Waals surface area contributed by atoms with Gasteiger partial charge < -0.3 is 9.47 Å². The highest BCUT2D eigenvalue weighted by atomic mass is 19.2. The first-order chi connectivity index (χ1) is 5.70. The third kappa shape index (κ3) is 0.841. The van der Waals surface area contributed by atoms with Crippen LogP contribution in [0.3, 0.4) is 0 Å². The van der Waals surface area contributed by atoms with E-state index < -0.39 is 11.6 Å². The minimum Gasteiger partial charge on any atom is -0.457 e. The summed E-state index contributed by atoms with van der Waals surface area (Å²) in [5.41, 5.74) is 0.500. The Morgan fingerprint density at radius 2 is 2.08 bits per heavy atom. The molecule has 0 N–H and O–H groups in total. The van der Waals surface area contributed by atoms with Crippen LogP contribution in [0.4, 0.5) is 8.78 Å². The van der Waals surface area contributed by atoms with Crippen LogP contribution < -0.4 is 9.47 Å². The summed E-state index contributed by atoms with van der Waals surface area (Å²) in [4.78, 5) is 0. The maximum atomic E-state index is 12.9. The van der Waals surface area contributed by atoms with Crippen molar-refractivity contribution in [2.75, 3.05) is 6.79 Å². The van der Waals surface area contributed by atoms with Crippen LogP contribution in [0, 0.1) is 18.6 Å². The molecule has 0 spiro atoms. The molecule has 0 radical (unpaired) electrons. The van der Waals surface area contributed by atoms with Gasteiger partial charge in [-0.25, -0.2) is 4.39 Å². The average Bonchev–Trinajstić information content (AvgIpc) is 2.04. The van der Waals surface area contributed by atoms with Gasteiger partial charge in [-0.3, -0.25) is 0 Å². The van der Waals surface area contributed by atoms with E-state index in [1.165, 1.54) is 0 Å². The van der Waals surface area contributed by atoms with E-state index in [0.717, 1.165) is 6.07 Å². The Morgan fingerprint density at radius 3 is 2.83 bits per heavy atom. The van der Waals surface area contributed by atoms with Crippen molar-refractivity contribution in [3.8, 4) is 11.5 Å². The monoisotopic (exact) mass is 172 g/mol. The normalized spacial score (nSPS) is 13.6. The lowest BCUT2D eigenvalue weighted by molar-refractivity contribution is 0.0949. The summed E-state index contributed by atoms with van der Waals surface area (Å²) in [7, 11) is 0. The summed E-state index contributed by atoms with van der Waals surface area (Å²) >= 11 is 0. The molecule has 0 aromatic heterocycles. The third-order valence-corrected chi connectivity index (χ3v) is 1.79. The summed E-state index contributed by atoms with van der Waals surface area (Å²) in [5.74, 6) is -1.59. The second kappa shape index (κ2) is 2.33. The third-order valence-electron chi connectivity index (χ3n) is 1.79. The highest BCUT2D eigenvalue weighted by Crippen LogP contribution is 2.35. The van der Waals surface area contributed by atoms with E-state index in [1.807, 2.05) is 0 Å². The molecule has 2 rings (SSSR count). The highest BCUT2D eigenvalue weighted by Gasteiger charge is 2.21. The fourth-order valence-corrected chi connectivity index (χ4v) is 1.15. The second-order valence-electron chi connectivity index (χ2n) is 2.53. The molecule has 4 heteroatoms. The maximum absolute atomic E-state index is 12.9. The molecule has 0 atom stereocenters. The molecule has 1 aromatic rings. The summed E-state index contributed by atoms with van der Waals surface area (Å²) in [6.07, 6.45) is 0. The molecule has 12 heavy (non-hydrogen) atoms. The number of ether oxygens (including phenoxy) is 2. The van der Waals surface area contributed by atoms with Gasteiger partial charge in [-0.15, -0.1) is 0 Å². The van der Waals surface area contributed by atoms with Gasteiger partial charge in [0.05, 0.1) is 0 Å². The standard InChI is InChI=1S/C8H6F2O2/c1-4-6-2-5(9)7(10)8(4)12-3-11-6/h2H,3H2,1H3. The molecule has 1 aromatic carbocycles. The zero-order valence-electron chi connectivity index (χ0n) is 6.36. The minimum absolute atomic E-state index is 0.0451. The molecule has 0 amide bonds. The van der Waals surface area contributed by atoms with Crippen LogP contribution in [0.15, 0.2) is 6.07 Å². The molecule has 0 unspecified atom stereocenters. The van der Waals surface area contributed by atoms with Crippen molar-refractivity contribution in [3.05, 3.63) is 23.3 Å². The van der Waals surface area contributed by atoms with E-state index >= 15 is 0 Å². The summed E-state index contributed by atoms with van der Waals surface area (Å²) in [6, 6.07) is 1.02. The van der Waals surface area contributed by atoms with Gasteiger partial charge in [-0.05, 0) is 6.92 Å². The fourth-order valence-electron chi connectivity index (χ4n) is 1.15. The van der Waals surface area contributed by atoms with Crippen LogP contribution in [-0.2, 0) is 0 Å². The number of hydrogen-bond acceptors (Lipinski definition) is 2. The van der Waals surface area contributed by atoms with Gasteiger partial charge in [-0.1, -0.05) is 0 Å². The molecule has 1 aliphatic rings. The molecule has 2 bridgehead atoms. The van der Waals surface area contributed by atoms with Crippen molar-refractivity contribution in [1.82, 2.24) is 0 Å². The Balaban J connectivity index is 2.71. The number of hydrogen-bond donors (Lipinski definition) is 0. The Bertz CT molecular complexity index is 330. The highest BCUT2D eigenvalue weighted by molar-refractivity contribution is 5.46. The van der Waals surface area contributed by atoms with Crippen LogP contribution in [0.2, 0.25) is 0 Å². The quantitative estimate of drug-likeness (QED) is 0.595. The molecule has 1 aliphatic heterocycles. The molecule has 64 valence electrons. The lowest BCUT2D eigenvalue weighted by Gasteiger charge is -2.19. The Morgan fingerprint density at radius 1 is 1.33 bits per heavy atom. The van der Waals surface area contributed by atoms with Crippen molar-refractivity contribution >= 4 is 0 Å². The lowest BCUT2D eigenvalue weighted by Crippen LogP contribution is -2.15. The Hall–Kier alpha value is -1.32. The predicted molar refractivity (Wildman–Crippen MR) is 37.2 cm³/mol. The molecular weight excluding hydrogens is 166 g/mol. The first kappa shape index (κ1) is 7.34. The van der Waals surface area contributed by atoms with Crippen LogP contribution in [0.5, 0.6) is 11.5 Å². The van der Waals surface area contributed by atoms with E-state index in [0.29, 0.717) is 11.3 Å². The molecule has 0 saturated heterocycles. The SMILES string of the molecule is Cc1c2cc(F)c(F)c1OCO2. The summed E-state index contributed by atoms with van der Waals surface area (Å²) in [6.45, 7) is 1.56. The smallest absolute Gasteiger partial charge is 0.231 e. The maximum Gasteiger partial charge on any atom is 0.231 e. The van der Waals surface area contributed by atoms with Crippen molar-refractivity contribution in [2.45, 2.75) is 6.92 Å². The molecule has 0 fully saturated rings. The Labute approximate surface area is 67.7 Å². The lowest BCUT2D eigenvalue weighted by atomic mass is 10.2. The number of halogens is 2. The van der Waals surface area contributed by atoms with Crippen LogP contribution in [-0.4, -0.2) is 6.79 Å². The molecular formula is C8H6F2O2. The minimum atomic E-state index is -0.945. The molecule has 0 aliphatic carbocycles. The number of rotatable bonds is 0. The van der Waals surface area contributed by atoms with E-state index in [-0.39, 0.29) is 12.5 Å². The largest absolute Gasteiger partial charge is 0.457 e. The fraction of sp³-hybridized carbons (Fsp3) is 0.250.